The van der Waals surface area contributed by atoms with E-state index in [2.05, 4.69) is 12.1 Å². The van der Waals surface area contributed by atoms with Crippen molar-refractivity contribution >= 4 is 17.6 Å². The van der Waals surface area contributed by atoms with Crippen LogP contribution < -0.4 is 0 Å². The van der Waals surface area contributed by atoms with Crippen molar-refractivity contribution in [1.82, 2.24) is 0 Å². The van der Waals surface area contributed by atoms with Gasteiger partial charge in [-0.15, -0.1) is 11.6 Å². The zero-order valence-corrected chi connectivity index (χ0v) is 10.2. The summed E-state index contributed by atoms with van der Waals surface area (Å²) in [6, 6.07) is 10.2. The molecule has 1 atom stereocenters. The summed E-state index contributed by atoms with van der Waals surface area (Å²) >= 11 is 5.40. The molecule has 0 saturated carbocycles. The Morgan fingerprint density at radius 1 is 1.38 bits per heavy atom. The molecule has 1 unspecified atom stereocenters. The Morgan fingerprint density at radius 3 is 2.62 bits per heavy atom. The van der Waals surface area contributed by atoms with E-state index >= 15 is 0 Å². The lowest BCUT2D eigenvalue weighted by molar-refractivity contribution is -0.146. The van der Waals surface area contributed by atoms with Crippen LogP contribution in [0.5, 0.6) is 0 Å². The average Bonchev–Trinajstić information content (AvgIpc) is 2.35. The highest BCUT2D eigenvalue weighted by Crippen LogP contribution is 2.10. The van der Waals surface area contributed by atoms with Crippen molar-refractivity contribution in [1.29, 1.82) is 0 Å². The van der Waals surface area contributed by atoms with Crippen LogP contribution in [0.2, 0.25) is 0 Å². The molecule has 0 spiro atoms. The first-order valence-electron chi connectivity index (χ1n) is 5.55. The van der Waals surface area contributed by atoms with Crippen LogP contribution in [0.3, 0.4) is 0 Å². The molecule has 0 aliphatic heterocycles. The Hall–Kier alpha value is -1.02. The van der Waals surface area contributed by atoms with Crippen LogP contribution in [0.25, 0.3) is 0 Å². The van der Waals surface area contributed by atoms with E-state index in [-0.39, 0.29) is 18.0 Å². The van der Waals surface area contributed by atoms with E-state index in [1.54, 1.807) is 0 Å². The normalized spacial score (nSPS) is 12.1. The van der Waals surface area contributed by atoms with Crippen molar-refractivity contribution in [3.8, 4) is 0 Å². The van der Waals surface area contributed by atoms with E-state index in [1.807, 2.05) is 25.1 Å². The van der Waals surface area contributed by atoms with Gasteiger partial charge in [-0.3, -0.25) is 4.79 Å². The molecule has 1 aromatic rings. The summed E-state index contributed by atoms with van der Waals surface area (Å²) in [5, 5.41) is 0. The molecule has 1 aromatic carbocycles. The number of hydrogen-bond donors (Lipinski definition) is 0. The second-order valence-electron chi connectivity index (χ2n) is 3.68. The number of rotatable bonds is 6. The summed E-state index contributed by atoms with van der Waals surface area (Å²) < 4.78 is 5.20. The lowest BCUT2D eigenvalue weighted by Gasteiger charge is -2.15. The zero-order chi connectivity index (χ0) is 11.8. The number of hydrogen-bond acceptors (Lipinski definition) is 2. The van der Waals surface area contributed by atoms with Crippen LogP contribution in [0, 0.1) is 0 Å². The van der Waals surface area contributed by atoms with Gasteiger partial charge in [0.1, 0.15) is 12.0 Å². The third-order valence-corrected chi connectivity index (χ3v) is 2.68. The number of alkyl halides is 1. The molecule has 0 aromatic heterocycles. The molecule has 2 nitrogen and oxygen atoms in total. The lowest BCUT2D eigenvalue weighted by Crippen LogP contribution is -2.18. The first-order chi connectivity index (χ1) is 7.76. The monoisotopic (exact) mass is 240 g/mol. The van der Waals surface area contributed by atoms with Crippen molar-refractivity contribution in [3.05, 3.63) is 35.9 Å². The quantitative estimate of drug-likeness (QED) is 0.564. The summed E-state index contributed by atoms with van der Waals surface area (Å²) in [6.07, 6.45) is 2.58. The van der Waals surface area contributed by atoms with E-state index in [1.165, 1.54) is 5.56 Å². The third-order valence-electron chi connectivity index (χ3n) is 2.46. The van der Waals surface area contributed by atoms with Gasteiger partial charge in [-0.2, -0.15) is 0 Å². The van der Waals surface area contributed by atoms with Gasteiger partial charge in [0.25, 0.3) is 0 Å². The van der Waals surface area contributed by atoms with Crippen molar-refractivity contribution in [2.24, 2.45) is 0 Å². The highest BCUT2D eigenvalue weighted by molar-refractivity contribution is 6.26. The number of esters is 1. The van der Waals surface area contributed by atoms with Crippen LogP contribution in [-0.4, -0.2) is 18.0 Å². The molecule has 0 saturated heterocycles. The second kappa shape index (κ2) is 7.29. The van der Waals surface area contributed by atoms with E-state index < -0.39 is 0 Å². The number of ether oxygens (including phenoxy) is 1. The molecule has 0 heterocycles. The van der Waals surface area contributed by atoms with Gasteiger partial charge in [0.15, 0.2) is 0 Å². The first-order valence-corrected chi connectivity index (χ1v) is 6.09. The fraction of sp³-hybridized carbons (Fsp3) is 0.462. The Labute approximate surface area is 102 Å². The summed E-state index contributed by atoms with van der Waals surface area (Å²) in [6.45, 7) is 2.01. The fourth-order valence-electron chi connectivity index (χ4n) is 1.54. The molecule has 0 aliphatic carbocycles. The number of carbonyl (C=O) groups is 1. The van der Waals surface area contributed by atoms with Gasteiger partial charge in [0, 0.05) is 0 Å². The minimum absolute atomic E-state index is 0.0218. The molecule has 0 aliphatic rings. The maximum Gasteiger partial charge on any atom is 0.321 e. The smallest absolute Gasteiger partial charge is 0.321 e. The van der Waals surface area contributed by atoms with Crippen LogP contribution in [-0.2, 0) is 16.0 Å². The number of aryl methyl sites for hydroxylation is 1. The third kappa shape index (κ3) is 4.67. The number of benzene rings is 1. The number of halogens is 1. The summed E-state index contributed by atoms with van der Waals surface area (Å²) in [7, 11) is 0. The van der Waals surface area contributed by atoms with E-state index in [9.17, 15) is 4.79 Å². The summed E-state index contributed by atoms with van der Waals surface area (Å²) in [5.41, 5.74) is 1.27. The van der Waals surface area contributed by atoms with E-state index in [4.69, 9.17) is 16.3 Å². The zero-order valence-electron chi connectivity index (χ0n) is 9.49. The van der Waals surface area contributed by atoms with Gasteiger partial charge in [-0.1, -0.05) is 37.3 Å². The Kier molecular flexibility index (Phi) is 5.94. The molecule has 16 heavy (non-hydrogen) atoms. The number of carbonyl (C=O) groups excluding carboxylic acids is 1. The van der Waals surface area contributed by atoms with Crippen molar-refractivity contribution in [3.63, 3.8) is 0 Å². The minimum atomic E-state index is -0.332. The Morgan fingerprint density at radius 2 is 2.06 bits per heavy atom. The topological polar surface area (TPSA) is 26.3 Å². The molecular formula is C13H17ClO2. The van der Waals surface area contributed by atoms with Gasteiger partial charge in [0.05, 0.1) is 0 Å². The Bertz CT molecular complexity index is 311. The average molecular weight is 241 g/mol. The van der Waals surface area contributed by atoms with Gasteiger partial charge in [-0.25, -0.2) is 0 Å². The van der Waals surface area contributed by atoms with Gasteiger partial charge in [0.2, 0.25) is 0 Å². The van der Waals surface area contributed by atoms with Crippen molar-refractivity contribution < 1.29 is 9.53 Å². The molecule has 0 amide bonds. The minimum Gasteiger partial charge on any atom is -0.461 e. The predicted octanol–water partition coefficient (Wildman–Crippen LogP) is 3.18. The second-order valence-corrected chi connectivity index (χ2v) is 3.95. The van der Waals surface area contributed by atoms with Crippen molar-refractivity contribution in [2.75, 3.05) is 5.88 Å². The maximum atomic E-state index is 11.0. The predicted molar refractivity (Wildman–Crippen MR) is 65.7 cm³/mol. The maximum absolute atomic E-state index is 11.0. The van der Waals surface area contributed by atoms with Gasteiger partial charge in [-0.05, 0) is 24.8 Å². The van der Waals surface area contributed by atoms with Crippen molar-refractivity contribution in [2.45, 2.75) is 32.3 Å². The van der Waals surface area contributed by atoms with Gasteiger partial charge >= 0.3 is 5.97 Å². The first kappa shape index (κ1) is 13.0. The summed E-state index contributed by atoms with van der Waals surface area (Å²) in [5.74, 6) is -0.399. The van der Waals surface area contributed by atoms with Crippen LogP contribution >= 0.6 is 11.6 Å². The molecule has 1 rings (SSSR count). The largest absolute Gasteiger partial charge is 0.461 e. The highest BCUT2D eigenvalue weighted by Gasteiger charge is 2.11. The Balaban J connectivity index is 2.37. The summed E-state index contributed by atoms with van der Waals surface area (Å²) in [4.78, 5) is 11.0. The fourth-order valence-corrected chi connectivity index (χ4v) is 1.60. The SMILES string of the molecule is CCC(CCc1ccccc1)OC(=O)CCl. The molecule has 0 N–H and O–H groups in total. The molecule has 3 heteroatoms. The van der Waals surface area contributed by atoms with Gasteiger partial charge < -0.3 is 4.74 Å². The molecule has 88 valence electrons. The molecular weight excluding hydrogens is 224 g/mol. The molecule has 0 radical (unpaired) electrons. The molecule has 0 fully saturated rings. The van der Waals surface area contributed by atoms with Crippen LogP contribution in [0.15, 0.2) is 30.3 Å². The van der Waals surface area contributed by atoms with E-state index in [0.29, 0.717) is 0 Å². The molecule has 0 bridgehead atoms. The standard InChI is InChI=1S/C13H17ClO2/c1-2-12(16-13(15)10-14)9-8-11-6-4-3-5-7-11/h3-7,12H,2,8-10H2,1H3. The lowest BCUT2D eigenvalue weighted by atomic mass is 10.1. The highest BCUT2D eigenvalue weighted by atomic mass is 35.5. The van der Waals surface area contributed by atoms with E-state index in [0.717, 1.165) is 19.3 Å². The van der Waals surface area contributed by atoms with Crippen LogP contribution in [0.4, 0.5) is 0 Å². The van der Waals surface area contributed by atoms with Crippen LogP contribution in [0.1, 0.15) is 25.3 Å².